The van der Waals surface area contributed by atoms with Crippen LogP contribution >= 0.6 is 15.9 Å². The van der Waals surface area contributed by atoms with Gasteiger partial charge in [-0.3, -0.25) is 10.1 Å². The highest BCUT2D eigenvalue weighted by molar-refractivity contribution is 9.10. The van der Waals surface area contributed by atoms with Gasteiger partial charge < -0.3 is 10.2 Å². The van der Waals surface area contributed by atoms with Crippen molar-refractivity contribution in [1.29, 1.82) is 0 Å². The van der Waals surface area contributed by atoms with E-state index in [9.17, 15) is 10.1 Å². The fourth-order valence-electron chi connectivity index (χ4n) is 3.16. The highest BCUT2D eigenvalue weighted by Gasteiger charge is 2.34. The Morgan fingerprint density at radius 1 is 1.48 bits per heavy atom. The Morgan fingerprint density at radius 3 is 2.71 bits per heavy atom. The second-order valence-corrected chi connectivity index (χ2v) is 6.99. The maximum absolute atomic E-state index is 11.1. The first-order chi connectivity index (χ1) is 9.92. The molecule has 116 valence electrons. The molecule has 1 N–H and O–H groups in total. The van der Waals surface area contributed by atoms with Crippen LogP contribution in [0.1, 0.15) is 25.7 Å². The van der Waals surface area contributed by atoms with Gasteiger partial charge >= 0.3 is 5.69 Å². The first kappa shape index (κ1) is 16.2. The van der Waals surface area contributed by atoms with Crippen LogP contribution in [0, 0.1) is 15.5 Å². The van der Waals surface area contributed by atoms with Crippen molar-refractivity contribution >= 4 is 27.4 Å². The Balaban J connectivity index is 2.12. The predicted molar refractivity (Wildman–Crippen MR) is 86.5 cm³/mol. The molecule has 1 heterocycles. The van der Waals surface area contributed by atoms with Gasteiger partial charge in [0, 0.05) is 35.2 Å². The quantitative estimate of drug-likeness (QED) is 0.625. The minimum absolute atomic E-state index is 0.0161. The van der Waals surface area contributed by atoms with Crippen LogP contribution in [-0.4, -0.2) is 42.0 Å². The normalized spacial score (nSPS) is 17.1. The SMILES string of the molecule is CN(C)CC1(CNc2ncc(Br)cc2[N+](=O)[O-])CCCC1. The topological polar surface area (TPSA) is 71.3 Å². The molecule has 1 aliphatic carbocycles. The summed E-state index contributed by atoms with van der Waals surface area (Å²) in [5, 5.41) is 14.3. The molecule has 0 amide bonds. The van der Waals surface area contributed by atoms with Gasteiger partial charge in [0.15, 0.2) is 0 Å². The van der Waals surface area contributed by atoms with Crippen molar-refractivity contribution < 1.29 is 4.92 Å². The summed E-state index contributed by atoms with van der Waals surface area (Å²) in [6.45, 7) is 1.71. The number of hydrogen-bond donors (Lipinski definition) is 1. The Labute approximate surface area is 133 Å². The zero-order chi connectivity index (χ0) is 15.5. The van der Waals surface area contributed by atoms with Crippen LogP contribution in [0.2, 0.25) is 0 Å². The summed E-state index contributed by atoms with van der Waals surface area (Å²) in [4.78, 5) is 17.1. The molecular formula is C14H21BrN4O2. The molecule has 0 bridgehead atoms. The summed E-state index contributed by atoms with van der Waals surface area (Å²) < 4.78 is 0.614. The lowest BCUT2D eigenvalue weighted by atomic mass is 9.85. The van der Waals surface area contributed by atoms with Crippen LogP contribution in [0.4, 0.5) is 11.5 Å². The van der Waals surface area contributed by atoms with Crippen molar-refractivity contribution in [2.24, 2.45) is 5.41 Å². The predicted octanol–water partition coefficient (Wildman–Crippen LogP) is 3.29. The van der Waals surface area contributed by atoms with Gasteiger partial charge in [-0.25, -0.2) is 4.98 Å². The number of nitrogens with zero attached hydrogens (tertiary/aromatic N) is 3. The molecule has 0 aliphatic heterocycles. The lowest BCUT2D eigenvalue weighted by molar-refractivity contribution is -0.384. The third kappa shape index (κ3) is 4.14. The van der Waals surface area contributed by atoms with E-state index in [4.69, 9.17) is 0 Å². The van der Waals surface area contributed by atoms with E-state index in [1.165, 1.54) is 18.9 Å². The van der Waals surface area contributed by atoms with Crippen LogP contribution in [0.5, 0.6) is 0 Å². The van der Waals surface area contributed by atoms with E-state index in [0.29, 0.717) is 10.3 Å². The van der Waals surface area contributed by atoms with Gasteiger partial charge in [0.1, 0.15) is 0 Å². The van der Waals surface area contributed by atoms with Crippen molar-refractivity contribution in [2.75, 3.05) is 32.5 Å². The summed E-state index contributed by atoms with van der Waals surface area (Å²) in [6, 6.07) is 1.49. The van der Waals surface area contributed by atoms with Crippen LogP contribution < -0.4 is 5.32 Å². The van der Waals surface area contributed by atoms with Crippen molar-refractivity contribution in [3.05, 3.63) is 26.9 Å². The fraction of sp³-hybridized carbons (Fsp3) is 0.643. The molecule has 21 heavy (non-hydrogen) atoms. The minimum atomic E-state index is -0.395. The molecule has 0 aromatic carbocycles. The molecule has 1 aliphatic rings. The number of nitro groups is 1. The monoisotopic (exact) mass is 356 g/mol. The first-order valence-corrected chi connectivity index (χ1v) is 7.90. The smallest absolute Gasteiger partial charge is 0.312 e. The average Bonchev–Trinajstić information content (AvgIpc) is 2.85. The van der Waals surface area contributed by atoms with Crippen molar-refractivity contribution in [3.8, 4) is 0 Å². The molecule has 0 radical (unpaired) electrons. The molecule has 2 rings (SSSR count). The molecule has 1 aromatic heterocycles. The van der Waals surface area contributed by atoms with Crippen molar-refractivity contribution in [2.45, 2.75) is 25.7 Å². The number of nitrogens with one attached hydrogen (secondary N) is 1. The van der Waals surface area contributed by atoms with E-state index in [2.05, 4.69) is 45.2 Å². The number of rotatable bonds is 6. The van der Waals surface area contributed by atoms with Gasteiger partial charge in [-0.2, -0.15) is 0 Å². The molecule has 7 heteroatoms. The van der Waals surface area contributed by atoms with Crippen molar-refractivity contribution in [3.63, 3.8) is 0 Å². The molecule has 1 saturated carbocycles. The van der Waals surface area contributed by atoms with Crippen LogP contribution in [0.3, 0.4) is 0 Å². The highest BCUT2D eigenvalue weighted by atomic mass is 79.9. The number of anilines is 1. The van der Waals surface area contributed by atoms with E-state index in [1.54, 1.807) is 6.20 Å². The van der Waals surface area contributed by atoms with E-state index in [1.807, 2.05) is 0 Å². The van der Waals surface area contributed by atoms with E-state index >= 15 is 0 Å². The summed E-state index contributed by atoms with van der Waals surface area (Å²) >= 11 is 3.22. The van der Waals surface area contributed by atoms with E-state index in [-0.39, 0.29) is 11.1 Å². The van der Waals surface area contributed by atoms with Gasteiger partial charge in [0.25, 0.3) is 0 Å². The van der Waals surface area contributed by atoms with Gasteiger partial charge in [-0.15, -0.1) is 0 Å². The van der Waals surface area contributed by atoms with Gasteiger partial charge in [0.2, 0.25) is 5.82 Å². The number of hydrogen-bond acceptors (Lipinski definition) is 5. The highest BCUT2D eigenvalue weighted by Crippen LogP contribution is 2.39. The maximum Gasteiger partial charge on any atom is 0.312 e. The number of aromatic nitrogens is 1. The number of pyridine rings is 1. The molecule has 0 atom stereocenters. The Hall–Kier alpha value is -1.21. The second kappa shape index (κ2) is 6.70. The third-order valence-corrected chi connectivity index (χ3v) is 4.41. The fourth-order valence-corrected chi connectivity index (χ4v) is 3.48. The van der Waals surface area contributed by atoms with Crippen molar-refractivity contribution in [1.82, 2.24) is 9.88 Å². The second-order valence-electron chi connectivity index (χ2n) is 6.08. The Morgan fingerprint density at radius 2 is 2.14 bits per heavy atom. The molecular weight excluding hydrogens is 336 g/mol. The van der Waals surface area contributed by atoms with E-state index in [0.717, 1.165) is 25.9 Å². The van der Waals surface area contributed by atoms with Crippen LogP contribution in [0.15, 0.2) is 16.7 Å². The van der Waals surface area contributed by atoms with Gasteiger partial charge in [-0.05, 0) is 42.9 Å². The summed E-state index contributed by atoms with van der Waals surface area (Å²) in [6.07, 6.45) is 6.35. The zero-order valence-electron chi connectivity index (χ0n) is 12.4. The molecule has 0 spiro atoms. The molecule has 6 nitrogen and oxygen atoms in total. The lowest BCUT2D eigenvalue weighted by Gasteiger charge is -2.32. The minimum Gasteiger partial charge on any atom is -0.364 e. The first-order valence-electron chi connectivity index (χ1n) is 7.10. The maximum atomic E-state index is 11.1. The van der Waals surface area contributed by atoms with Crippen LogP contribution in [0.25, 0.3) is 0 Å². The largest absolute Gasteiger partial charge is 0.364 e. The van der Waals surface area contributed by atoms with E-state index < -0.39 is 4.92 Å². The summed E-state index contributed by atoms with van der Waals surface area (Å²) in [5.74, 6) is 0.355. The standard InChI is InChI=1S/C14H21BrN4O2/c1-18(2)10-14(5-3-4-6-14)9-17-13-12(19(20)21)7-11(15)8-16-13/h7-8H,3-6,9-10H2,1-2H3,(H,16,17). The molecule has 0 unspecified atom stereocenters. The average molecular weight is 357 g/mol. The Bertz CT molecular complexity index is 516. The van der Waals surface area contributed by atoms with Gasteiger partial charge in [-0.1, -0.05) is 12.8 Å². The Kier molecular flexibility index (Phi) is 5.16. The third-order valence-electron chi connectivity index (χ3n) is 3.98. The molecule has 0 saturated heterocycles. The summed E-state index contributed by atoms with van der Waals surface area (Å²) in [7, 11) is 4.14. The number of halogens is 1. The summed E-state index contributed by atoms with van der Waals surface area (Å²) in [5.41, 5.74) is 0.203. The van der Waals surface area contributed by atoms with Gasteiger partial charge in [0.05, 0.1) is 4.92 Å². The zero-order valence-corrected chi connectivity index (χ0v) is 14.0. The van der Waals surface area contributed by atoms with Crippen LogP contribution in [-0.2, 0) is 0 Å². The lowest BCUT2D eigenvalue weighted by Crippen LogP contribution is -2.37. The molecule has 1 fully saturated rings. The molecule has 1 aromatic rings.